The number of benzene rings is 1. The van der Waals surface area contributed by atoms with Crippen LogP contribution in [0.1, 0.15) is 71.4 Å². The molecule has 0 amide bonds. The Kier molecular flexibility index (Phi) is 6.03. The van der Waals surface area contributed by atoms with Gasteiger partial charge in [0.2, 0.25) is 0 Å². The summed E-state index contributed by atoms with van der Waals surface area (Å²) in [5, 5.41) is 0. The fourth-order valence-electron chi connectivity index (χ4n) is 2.63. The van der Waals surface area contributed by atoms with E-state index in [0.717, 1.165) is 43.2 Å². The van der Waals surface area contributed by atoms with Crippen LogP contribution in [0.3, 0.4) is 0 Å². The maximum Gasteiger partial charge on any atom is 0.126 e. The third-order valence-corrected chi connectivity index (χ3v) is 4.97. The van der Waals surface area contributed by atoms with Gasteiger partial charge in [-0.05, 0) is 47.8 Å². The smallest absolute Gasteiger partial charge is 0.126 e. The van der Waals surface area contributed by atoms with Gasteiger partial charge in [0.1, 0.15) is 5.82 Å². The lowest BCUT2D eigenvalue weighted by atomic mass is 9.77. The lowest BCUT2D eigenvalue weighted by Crippen LogP contribution is -2.20. The van der Waals surface area contributed by atoms with E-state index in [1.165, 1.54) is 0 Å². The lowest BCUT2D eigenvalue weighted by Gasteiger charge is -2.28. The molecule has 0 nitrogen and oxygen atoms in total. The fraction of sp³-hybridized carbons (Fsp3) is 0.667. The lowest BCUT2D eigenvalue weighted by molar-refractivity contribution is 0.433. The Hall–Kier alpha value is -0.850. The molecule has 0 aromatic heterocycles. The average molecular weight is 264 g/mol. The van der Waals surface area contributed by atoms with Crippen LogP contribution in [0, 0.1) is 11.7 Å². The highest BCUT2D eigenvalue weighted by molar-refractivity contribution is 5.30. The van der Waals surface area contributed by atoms with Crippen LogP contribution in [0.5, 0.6) is 0 Å². The summed E-state index contributed by atoms with van der Waals surface area (Å²) in [6.45, 7) is 11.0. The van der Waals surface area contributed by atoms with Crippen molar-refractivity contribution in [2.75, 3.05) is 0 Å². The van der Waals surface area contributed by atoms with E-state index in [-0.39, 0.29) is 11.2 Å². The molecule has 0 bridgehead atoms. The van der Waals surface area contributed by atoms with E-state index in [9.17, 15) is 4.39 Å². The van der Waals surface area contributed by atoms with Gasteiger partial charge in [0.25, 0.3) is 0 Å². The summed E-state index contributed by atoms with van der Waals surface area (Å²) in [5.74, 6) is 0.585. The normalized spacial score (nSPS) is 12.2. The standard InChI is InChI=1S/C18H29F/c1-6-14(7-2)12-15-10-11-16(13-17(15)19)18(5,8-3)9-4/h10-11,13-14H,6-9,12H2,1-5H3. The topological polar surface area (TPSA) is 0 Å². The molecule has 0 saturated heterocycles. The molecular weight excluding hydrogens is 235 g/mol. The van der Waals surface area contributed by atoms with Gasteiger partial charge >= 0.3 is 0 Å². The molecule has 1 aromatic rings. The molecule has 0 aliphatic heterocycles. The van der Waals surface area contributed by atoms with Crippen molar-refractivity contribution < 1.29 is 4.39 Å². The maximum absolute atomic E-state index is 14.3. The minimum absolute atomic E-state index is 0.0162. The van der Waals surface area contributed by atoms with Crippen molar-refractivity contribution in [3.63, 3.8) is 0 Å². The molecule has 0 aliphatic rings. The predicted molar refractivity (Wildman–Crippen MR) is 82.1 cm³/mol. The molecular formula is C18H29F. The Balaban J connectivity index is 2.97. The summed E-state index contributed by atoms with van der Waals surface area (Å²) in [5.41, 5.74) is 2.13. The van der Waals surface area contributed by atoms with Crippen LogP contribution in [0.25, 0.3) is 0 Å². The molecule has 0 aliphatic carbocycles. The van der Waals surface area contributed by atoms with Crippen LogP contribution in [0.15, 0.2) is 18.2 Å². The van der Waals surface area contributed by atoms with Crippen LogP contribution in [-0.2, 0) is 11.8 Å². The zero-order valence-electron chi connectivity index (χ0n) is 13.2. The Bertz CT molecular complexity index is 387. The summed E-state index contributed by atoms with van der Waals surface area (Å²) in [4.78, 5) is 0. The van der Waals surface area contributed by atoms with Crippen molar-refractivity contribution in [3.8, 4) is 0 Å². The van der Waals surface area contributed by atoms with Crippen LogP contribution in [0.2, 0.25) is 0 Å². The average Bonchev–Trinajstić information content (AvgIpc) is 2.45. The minimum Gasteiger partial charge on any atom is -0.207 e. The highest BCUT2D eigenvalue weighted by Crippen LogP contribution is 2.32. The SMILES string of the molecule is CCC(CC)Cc1ccc(C(C)(CC)CC)cc1F. The first kappa shape index (κ1) is 16.2. The Morgan fingerprint density at radius 2 is 1.63 bits per heavy atom. The fourth-order valence-corrected chi connectivity index (χ4v) is 2.63. The van der Waals surface area contributed by atoms with Gasteiger partial charge in [0, 0.05) is 0 Å². The predicted octanol–water partition coefficient (Wildman–Crippen LogP) is 5.88. The van der Waals surface area contributed by atoms with Crippen molar-refractivity contribution in [2.45, 2.75) is 72.1 Å². The number of halogens is 1. The molecule has 0 unspecified atom stereocenters. The van der Waals surface area contributed by atoms with Gasteiger partial charge in [-0.1, -0.05) is 59.6 Å². The van der Waals surface area contributed by atoms with E-state index in [4.69, 9.17) is 0 Å². The van der Waals surface area contributed by atoms with Crippen LogP contribution in [0.4, 0.5) is 4.39 Å². The second kappa shape index (κ2) is 7.07. The molecule has 19 heavy (non-hydrogen) atoms. The van der Waals surface area contributed by atoms with E-state index in [1.54, 1.807) is 6.07 Å². The van der Waals surface area contributed by atoms with Gasteiger partial charge in [-0.15, -0.1) is 0 Å². The second-order valence-corrected chi connectivity index (χ2v) is 5.96. The quantitative estimate of drug-likeness (QED) is 0.576. The zero-order chi connectivity index (χ0) is 14.5. The first-order valence-corrected chi connectivity index (χ1v) is 7.79. The van der Waals surface area contributed by atoms with E-state index in [2.05, 4.69) is 40.7 Å². The van der Waals surface area contributed by atoms with Gasteiger partial charge in [-0.25, -0.2) is 4.39 Å². The highest BCUT2D eigenvalue weighted by Gasteiger charge is 2.23. The molecule has 0 fully saturated rings. The van der Waals surface area contributed by atoms with Crippen molar-refractivity contribution in [2.24, 2.45) is 5.92 Å². The molecule has 1 heteroatoms. The monoisotopic (exact) mass is 264 g/mol. The molecule has 0 atom stereocenters. The number of hydrogen-bond acceptors (Lipinski definition) is 0. The summed E-state index contributed by atoms with van der Waals surface area (Å²) in [6, 6.07) is 5.91. The van der Waals surface area contributed by atoms with Crippen molar-refractivity contribution in [1.29, 1.82) is 0 Å². The molecule has 0 heterocycles. The van der Waals surface area contributed by atoms with Crippen LogP contribution in [-0.4, -0.2) is 0 Å². The summed E-state index contributed by atoms with van der Waals surface area (Å²) < 4.78 is 14.3. The van der Waals surface area contributed by atoms with Crippen molar-refractivity contribution in [1.82, 2.24) is 0 Å². The summed E-state index contributed by atoms with van der Waals surface area (Å²) >= 11 is 0. The summed E-state index contributed by atoms with van der Waals surface area (Å²) in [7, 11) is 0. The van der Waals surface area contributed by atoms with Gasteiger partial charge < -0.3 is 0 Å². The molecule has 0 N–H and O–H groups in total. The van der Waals surface area contributed by atoms with E-state index in [1.807, 2.05) is 6.07 Å². The van der Waals surface area contributed by atoms with E-state index in [0.29, 0.717) is 5.92 Å². The van der Waals surface area contributed by atoms with E-state index < -0.39 is 0 Å². The van der Waals surface area contributed by atoms with Crippen molar-refractivity contribution >= 4 is 0 Å². The largest absolute Gasteiger partial charge is 0.207 e. The Morgan fingerprint density at radius 3 is 2.05 bits per heavy atom. The molecule has 1 rings (SSSR count). The van der Waals surface area contributed by atoms with Crippen molar-refractivity contribution in [3.05, 3.63) is 35.1 Å². The third kappa shape index (κ3) is 3.81. The Labute approximate surface area is 118 Å². The molecule has 0 saturated carbocycles. The minimum atomic E-state index is -0.0162. The molecule has 0 radical (unpaired) electrons. The zero-order valence-corrected chi connectivity index (χ0v) is 13.2. The summed E-state index contributed by atoms with van der Waals surface area (Å²) in [6.07, 6.45) is 5.22. The van der Waals surface area contributed by atoms with Gasteiger partial charge in [-0.3, -0.25) is 0 Å². The maximum atomic E-state index is 14.3. The van der Waals surface area contributed by atoms with Gasteiger partial charge in [0.15, 0.2) is 0 Å². The second-order valence-electron chi connectivity index (χ2n) is 5.96. The number of hydrogen-bond donors (Lipinski definition) is 0. The van der Waals surface area contributed by atoms with Crippen LogP contribution < -0.4 is 0 Å². The molecule has 1 aromatic carbocycles. The highest BCUT2D eigenvalue weighted by atomic mass is 19.1. The Morgan fingerprint density at radius 1 is 1.05 bits per heavy atom. The molecule has 108 valence electrons. The van der Waals surface area contributed by atoms with E-state index >= 15 is 0 Å². The third-order valence-electron chi connectivity index (χ3n) is 4.97. The van der Waals surface area contributed by atoms with Gasteiger partial charge in [0.05, 0.1) is 0 Å². The van der Waals surface area contributed by atoms with Gasteiger partial charge in [-0.2, -0.15) is 0 Å². The first-order chi connectivity index (χ1) is 9.00. The number of rotatable bonds is 7. The van der Waals surface area contributed by atoms with Crippen LogP contribution >= 0.6 is 0 Å². The first-order valence-electron chi connectivity index (χ1n) is 7.79. The molecule has 0 spiro atoms.